The molecule has 1 aromatic carbocycles. The lowest BCUT2D eigenvalue weighted by Gasteiger charge is -2.20. The highest BCUT2D eigenvalue weighted by Gasteiger charge is 2.45. The van der Waals surface area contributed by atoms with Crippen molar-refractivity contribution in [3.05, 3.63) is 17.2 Å². The van der Waals surface area contributed by atoms with Crippen molar-refractivity contribution in [3.63, 3.8) is 0 Å². The van der Waals surface area contributed by atoms with Crippen LogP contribution in [0.3, 0.4) is 0 Å². The second kappa shape index (κ2) is 6.26. The molecule has 1 N–H and O–H groups in total. The molecule has 0 aromatic heterocycles. The van der Waals surface area contributed by atoms with Crippen molar-refractivity contribution in [1.29, 1.82) is 0 Å². The number of sulfonamides is 1. The zero-order valence-corrected chi connectivity index (χ0v) is 14.8. The van der Waals surface area contributed by atoms with E-state index in [2.05, 4.69) is 18.6 Å². The summed E-state index contributed by atoms with van der Waals surface area (Å²) >= 11 is 6.10. The molecule has 5 nitrogen and oxygen atoms in total. The Hall–Kier alpha value is -0.980. The highest BCUT2D eigenvalue weighted by atomic mass is 35.5. The van der Waals surface area contributed by atoms with Crippen molar-refractivity contribution in [3.8, 4) is 11.5 Å². The maximum Gasteiger partial charge on any atom is 0.242 e. The molecule has 7 heteroatoms. The van der Waals surface area contributed by atoms with Gasteiger partial charge in [-0.05, 0) is 24.2 Å². The largest absolute Gasteiger partial charge is 0.493 e. The Morgan fingerprint density at radius 1 is 1.23 bits per heavy atom. The molecule has 0 unspecified atom stereocenters. The lowest BCUT2D eigenvalue weighted by Crippen LogP contribution is -2.32. The van der Waals surface area contributed by atoms with Crippen LogP contribution in [0.15, 0.2) is 17.0 Å². The summed E-state index contributed by atoms with van der Waals surface area (Å²) in [6, 6.07) is 2.84. The highest BCUT2D eigenvalue weighted by Crippen LogP contribution is 2.51. The number of halogens is 1. The first-order chi connectivity index (χ1) is 10.3. The maximum absolute atomic E-state index is 12.5. The van der Waals surface area contributed by atoms with Crippen molar-refractivity contribution < 1.29 is 17.9 Å². The van der Waals surface area contributed by atoms with Crippen LogP contribution >= 0.6 is 11.6 Å². The molecule has 0 amide bonds. The number of methoxy groups -OCH3 is 2. The van der Waals surface area contributed by atoms with Crippen LogP contribution < -0.4 is 14.2 Å². The summed E-state index contributed by atoms with van der Waals surface area (Å²) in [5, 5.41) is 0.111. The first-order valence-electron chi connectivity index (χ1n) is 7.17. The summed E-state index contributed by atoms with van der Waals surface area (Å²) in [6.07, 6.45) is 2.10. The van der Waals surface area contributed by atoms with E-state index in [-0.39, 0.29) is 15.3 Å². The molecule has 0 radical (unpaired) electrons. The Kier molecular flexibility index (Phi) is 4.94. The van der Waals surface area contributed by atoms with Crippen LogP contribution in [0.4, 0.5) is 0 Å². The van der Waals surface area contributed by atoms with Crippen LogP contribution in [-0.2, 0) is 10.0 Å². The van der Waals surface area contributed by atoms with Gasteiger partial charge in [-0.3, -0.25) is 0 Å². The third kappa shape index (κ3) is 3.34. The zero-order valence-electron chi connectivity index (χ0n) is 13.3. The number of nitrogens with one attached hydrogen (secondary N) is 1. The first kappa shape index (κ1) is 17.4. The van der Waals surface area contributed by atoms with E-state index in [4.69, 9.17) is 21.1 Å². The van der Waals surface area contributed by atoms with Gasteiger partial charge in [-0.15, -0.1) is 0 Å². The van der Waals surface area contributed by atoms with Gasteiger partial charge < -0.3 is 9.47 Å². The SMILES string of the molecule is COc1cc(Cl)c(S(=O)(=O)NCC2(C(C)C)CC2)cc1OC. The summed E-state index contributed by atoms with van der Waals surface area (Å²) in [5.41, 5.74) is 0.0795. The normalized spacial score (nSPS) is 16.6. The zero-order chi connectivity index (χ0) is 16.5. The molecule has 0 atom stereocenters. The number of hydrogen-bond donors (Lipinski definition) is 1. The Morgan fingerprint density at radius 2 is 1.77 bits per heavy atom. The van der Waals surface area contributed by atoms with Crippen LogP contribution in [0, 0.1) is 11.3 Å². The van der Waals surface area contributed by atoms with Crippen LogP contribution in [0.2, 0.25) is 5.02 Å². The first-order valence-corrected chi connectivity index (χ1v) is 9.03. The van der Waals surface area contributed by atoms with Gasteiger partial charge in [0.05, 0.1) is 19.2 Å². The minimum Gasteiger partial charge on any atom is -0.493 e. The molecular weight excluding hydrogens is 326 g/mol. The van der Waals surface area contributed by atoms with E-state index in [0.29, 0.717) is 24.0 Å². The van der Waals surface area contributed by atoms with Crippen LogP contribution in [0.1, 0.15) is 26.7 Å². The second-order valence-electron chi connectivity index (χ2n) is 5.98. The number of hydrogen-bond acceptors (Lipinski definition) is 4. The van der Waals surface area contributed by atoms with E-state index in [1.54, 1.807) is 0 Å². The molecule has 0 heterocycles. The molecule has 1 aliphatic rings. The number of benzene rings is 1. The third-order valence-electron chi connectivity index (χ3n) is 4.46. The van der Waals surface area contributed by atoms with Crippen LogP contribution in [0.5, 0.6) is 11.5 Å². The molecule has 0 bridgehead atoms. The van der Waals surface area contributed by atoms with Gasteiger partial charge in [0.25, 0.3) is 0 Å². The number of ether oxygens (including phenoxy) is 2. The smallest absolute Gasteiger partial charge is 0.242 e. The van der Waals surface area contributed by atoms with Crippen molar-refractivity contribution in [1.82, 2.24) is 4.72 Å². The monoisotopic (exact) mass is 347 g/mol. The molecule has 1 aromatic rings. The summed E-state index contributed by atoms with van der Waals surface area (Å²) in [6.45, 7) is 4.66. The Bertz CT molecular complexity index is 654. The summed E-state index contributed by atoms with van der Waals surface area (Å²) < 4.78 is 38.0. The molecule has 0 saturated heterocycles. The average Bonchev–Trinajstić information content (AvgIpc) is 3.26. The van der Waals surface area contributed by atoms with Crippen molar-refractivity contribution in [2.24, 2.45) is 11.3 Å². The molecule has 2 rings (SSSR count). The van der Waals surface area contributed by atoms with E-state index in [1.807, 2.05) is 0 Å². The average molecular weight is 348 g/mol. The molecular formula is C15H22ClNO4S. The fraction of sp³-hybridized carbons (Fsp3) is 0.600. The van der Waals surface area contributed by atoms with Crippen LogP contribution in [-0.4, -0.2) is 29.2 Å². The minimum atomic E-state index is -3.69. The topological polar surface area (TPSA) is 64.6 Å². The van der Waals surface area contributed by atoms with E-state index < -0.39 is 10.0 Å². The van der Waals surface area contributed by atoms with Gasteiger partial charge in [-0.25, -0.2) is 13.1 Å². The maximum atomic E-state index is 12.5. The highest BCUT2D eigenvalue weighted by molar-refractivity contribution is 7.89. The van der Waals surface area contributed by atoms with Crippen LogP contribution in [0.25, 0.3) is 0 Å². The third-order valence-corrected chi connectivity index (χ3v) is 6.32. The summed E-state index contributed by atoms with van der Waals surface area (Å²) in [5.74, 6) is 1.17. The number of rotatable bonds is 7. The molecule has 124 valence electrons. The summed E-state index contributed by atoms with van der Waals surface area (Å²) in [7, 11) is -0.768. The molecule has 1 aliphatic carbocycles. The molecule has 0 spiro atoms. The summed E-state index contributed by atoms with van der Waals surface area (Å²) in [4.78, 5) is 0.00590. The predicted octanol–water partition coefficient (Wildman–Crippen LogP) is 3.07. The van der Waals surface area contributed by atoms with Gasteiger partial charge in [-0.1, -0.05) is 25.4 Å². The molecule has 1 fully saturated rings. The van der Waals surface area contributed by atoms with E-state index in [9.17, 15) is 8.42 Å². The minimum absolute atomic E-state index is 0.00590. The van der Waals surface area contributed by atoms with Gasteiger partial charge in [0.2, 0.25) is 10.0 Å². The van der Waals surface area contributed by atoms with E-state index >= 15 is 0 Å². The van der Waals surface area contributed by atoms with Crippen molar-refractivity contribution >= 4 is 21.6 Å². The second-order valence-corrected chi connectivity index (χ2v) is 8.12. The molecule has 0 aliphatic heterocycles. The van der Waals surface area contributed by atoms with Crippen molar-refractivity contribution in [2.45, 2.75) is 31.6 Å². The quantitative estimate of drug-likeness (QED) is 0.823. The van der Waals surface area contributed by atoms with E-state index in [1.165, 1.54) is 26.4 Å². The lowest BCUT2D eigenvalue weighted by molar-refractivity contribution is 0.353. The Labute approximate surface area is 137 Å². The standard InChI is InChI=1S/C15H22ClNO4S/c1-10(2)15(5-6-15)9-17-22(18,19)14-8-13(21-4)12(20-3)7-11(14)16/h7-8,10,17H,5-6,9H2,1-4H3. The predicted molar refractivity (Wildman–Crippen MR) is 86.2 cm³/mol. The van der Waals surface area contributed by atoms with Gasteiger partial charge in [0.1, 0.15) is 4.90 Å². The molecule has 22 heavy (non-hydrogen) atoms. The van der Waals surface area contributed by atoms with E-state index in [0.717, 1.165) is 12.8 Å². The lowest BCUT2D eigenvalue weighted by atomic mass is 9.93. The van der Waals surface area contributed by atoms with Gasteiger partial charge >= 0.3 is 0 Å². The molecule has 1 saturated carbocycles. The Balaban J connectivity index is 2.26. The van der Waals surface area contributed by atoms with Gasteiger partial charge in [0.15, 0.2) is 11.5 Å². The van der Waals surface area contributed by atoms with Crippen molar-refractivity contribution in [2.75, 3.05) is 20.8 Å². The fourth-order valence-electron chi connectivity index (χ4n) is 2.48. The van der Waals surface area contributed by atoms with Gasteiger partial charge in [-0.2, -0.15) is 0 Å². The van der Waals surface area contributed by atoms with Gasteiger partial charge in [0, 0.05) is 18.7 Å². The Morgan fingerprint density at radius 3 is 2.23 bits per heavy atom. The fourth-order valence-corrected chi connectivity index (χ4v) is 4.15.